The Hall–Kier alpha value is -1.60. The summed E-state index contributed by atoms with van der Waals surface area (Å²) in [5.41, 5.74) is 1.21. The van der Waals surface area contributed by atoms with Crippen LogP contribution in [0.15, 0.2) is 18.3 Å². The van der Waals surface area contributed by atoms with Crippen LogP contribution >= 0.6 is 0 Å². The first kappa shape index (κ1) is 14.5. The molecule has 1 aromatic heterocycles. The van der Waals surface area contributed by atoms with Gasteiger partial charge in [0.25, 0.3) is 0 Å². The second-order valence-electron chi connectivity index (χ2n) is 4.53. The Labute approximate surface area is 110 Å². The predicted molar refractivity (Wildman–Crippen MR) is 74.4 cm³/mol. The number of nitriles is 1. The minimum atomic E-state index is 0.0112. The molecule has 1 heterocycles. The first-order valence-corrected chi connectivity index (χ1v) is 6.40. The van der Waals surface area contributed by atoms with Crippen molar-refractivity contribution in [1.82, 2.24) is 10.3 Å². The number of rotatable bonds is 6. The lowest BCUT2D eigenvalue weighted by atomic mass is 10.1. The van der Waals surface area contributed by atoms with Gasteiger partial charge in [-0.2, -0.15) is 5.26 Å². The number of aromatic nitrogens is 1. The van der Waals surface area contributed by atoms with Crippen LogP contribution in [0.2, 0.25) is 0 Å². The van der Waals surface area contributed by atoms with Crippen molar-refractivity contribution in [2.24, 2.45) is 5.92 Å². The van der Waals surface area contributed by atoms with E-state index in [0.29, 0.717) is 6.04 Å². The summed E-state index contributed by atoms with van der Waals surface area (Å²) in [4.78, 5) is 6.54. The van der Waals surface area contributed by atoms with Crippen LogP contribution in [-0.4, -0.2) is 25.1 Å². The molecule has 0 saturated heterocycles. The number of pyridine rings is 1. The zero-order chi connectivity index (χ0) is 13.5. The maximum Gasteiger partial charge on any atom is 0.128 e. The fourth-order valence-corrected chi connectivity index (χ4v) is 1.80. The fourth-order valence-electron chi connectivity index (χ4n) is 1.80. The van der Waals surface area contributed by atoms with Gasteiger partial charge in [-0.15, -0.1) is 0 Å². The Balaban J connectivity index is 2.89. The van der Waals surface area contributed by atoms with Gasteiger partial charge >= 0.3 is 0 Å². The van der Waals surface area contributed by atoms with Crippen LogP contribution in [0.3, 0.4) is 0 Å². The van der Waals surface area contributed by atoms with Crippen molar-refractivity contribution >= 4 is 5.82 Å². The highest BCUT2D eigenvalue weighted by Crippen LogP contribution is 2.18. The fraction of sp³-hybridized carbons (Fsp3) is 0.571. The van der Waals surface area contributed by atoms with Crippen LogP contribution in [0, 0.1) is 17.2 Å². The van der Waals surface area contributed by atoms with Gasteiger partial charge in [-0.3, -0.25) is 0 Å². The molecule has 0 fully saturated rings. The van der Waals surface area contributed by atoms with Crippen LogP contribution in [0.1, 0.15) is 32.4 Å². The summed E-state index contributed by atoms with van der Waals surface area (Å²) < 4.78 is 0. The van der Waals surface area contributed by atoms with Gasteiger partial charge in [0.15, 0.2) is 0 Å². The van der Waals surface area contributed by atoms with E-state index in [4.69, 9.17) is 5.26 Å². The van der Waals surface area contributed by atoms with Gasteiger partial charge in [0.05, 0.1) is 12.0 Å². The van der Waals surface area contributed by atoms with E-state index in [9.17, 15) is 0 Å². The van der Waals surface area contributed by atoms with Crippen LogP contribution in [0.25, 0.3) is 0 Å². The molecule has 0 bridgehead atoms. The predicted octanol–water partition coefficient (Wildman–Crippen LogP) is 2.35. The minimum Gasteiger partial charge on any atom is -0.356 e. The van der Waals surface area contributed by atoms with Gasteiger partial charge in [-0.05, 0) is 45.5 Å². The molecule has 2 unspecified atom stereocenters. The van der Waals surface area contributed by atoms with E-state index < -0.39 is 0 Å². The molecular weight excluding hydrogens is 224 g/mol. The highest BCUT2D eigenvalue weighted by atomic mass is 15.2. The molecule has 1 N–H and O–H groups in total. The van der Waals surface area contributed by atoms with Crippen molar-refractivity contribution in [1.29, 1.82) is 5.26 Å². The summed E-state index contributed by atoms with van der Waals surface area (Å²) in [7, 11) is 1.94. The standard InChI is InChI=1S/C14H22N4/c1-5-18(10-11(2)9-15)14-8-13(6-7-17-14)12(3)16-4/h6-8,11-12,16H,5,10H2,1-4H3. The summed E-state index contributed by atoms with van der Waals surface area (Å²) >= 11 is 0. The van der Waals surface area contributed by atoms with Crippen molar-refractivity contribution in [2.45, 2.75) is 26.8 Å². The molecule has 0 aliphatic carbocycles. The molecule has 0 aromatic carbocycles. The number of hydrogen-bond donors (Lipinski definition) is 1. The minimum absolute atomic E-state index is 0.0112. The average Bonchev–Trinajstić information content (AvgIpc) is 2.43. The topological polar surface area (TPSA) is 52.0 Å². The molecule has 2 atom stereocenters. The number of hydrogen-bond acceptors (Lipinski definition) is 4. The third-order valence-corrected chi connectivity index (χ3v) is 3.12. The van der Waals surface area contributed by atoms with E-state index in [1.54, 1.807) is 0 Å². The number of nitrogens with one attached hydrogen (secondary N) is 1. The summed E-state index contributed by atoms with van der Waals surface area (Å²) in [5.74, 6) is 0.955. The van der Waals surface area contributed by atoms with E-state index in [1.165, 1.54) is 5.56 Å². The molecule has 4 heteroatoms. The highest BCUT2D eigenvalue weighted by molar-refractivity contribution is 5.42. The normalized spacial score (nSPS) is 13.7. The van der Waals surface area contributed by atoms with E-state index in [0.717, 1.165) is 18.9 Å². The first-order chi connectivity index (χ1) is 8.62. The molecule has 98 valence electrons. The average molecular weight is 246 g/mol. The van der Waals surface area contributed by atoms with Gasteiger partial charge in [-0.25, -0.2) is 4.98 Å². The molecule has 0 saturated carbocycles. The maximum absolute atomic E-state index is 8.90. The smallest absolute Gasteiger partial charge is 0.128 e. The van der Waals surface area contributed by atoms with Crippen molar-refractivity contribution < 1.29 is 0 Å². The molecule has 4 nitrogen and oxygen atoms in total. The van der Waals surface area contributed by atoms with Crippen molar-refractivity contribution in [3.05, 3.63) is 23.9 Å². The van der Waals surface area contributed by atoms with Crippen LogP contribution in [-0.2, 0) is 0 Å². The molecule has 18 heavy (non-hydrogen) atoms. The van der Waals surface area contributed by atoms with Crippen LogP contribution in [0.4, 0.5) is 5.82 Å². The zero-order valence-corrected chi connectivity index (χ0v) is 11.6. The summed E-state index contributed by atoms with van der Waals surface area (Å²) in [6.45, 7) is 7.71. The quantitative estimate of drug-likeness (QED) is 0.837. The molecule has 1 aromatic rings. The summed E-state index contributed by atoms with van der Waals surface area (Å²) in [6.07, 6.45) is 1.83. The maximum atomic E-state index is 8.90. The third-order valence-electron chi connectivity index (χ3n) is 3.12. The Morgan fingerprint density at radius 3 is 2.78 bits per heavy atom. The summed E-state index contributed by atoms with van der Waals surface area (Å²) in [6, 6.07) is 6.68. The molecule has 0 aliphatic rings. The molecule has 1 rings (SSSR count). The number of anilines is 1. The lowest BCUT2D eigenvalue weighted by Gasteiger charge is -2.24. The van der Waals surface area contributed by atoms with Gasteiger partial charge < -0.3 is 10.2 Å². The van der Waals surface area contributed by atoms with Crippen molar-refractivity contribution in [3.8, 4) is 6.07 Å². The molecule has 0 aliphatic heterocycles. The largest absolute Gasteiger partial charge is 0.356 e. The molecular formula is C14H22N4. The van der Waals surface area contributed by atoms with Crippen LogP contribution in [0.5, 0.6) is 0 Å². The van der Waals surface area contributed by atoms with Crippen molar-refractivity contribution in [2.75, 3.05) is 25.0 Å². The molecule has 0 radical (unpaired) electrons. The third kappa shape index (κ3) is 3.71. The highest BCUT2D eigenvalue weighted by Gasteiger charge is 2.12. The van der Waals surface area contributed by atoms with Crippen molar-refractivity contribution in [3.63, 3.8) is 0 Å². The van der Waals surface area contributed by atoms with E-state index in [2.05, 4.69) is 41.2 Å². The Bertz CT molecular complexity index is 411. The summed E-state index contributed by atoms with van der Waals surface area (Å²) in [5, 5.41) is 12.1. The monoisotopic (exact) mass is 246 g/mol. The molecule has 0 amide bonds. The second kappa shape index (κ2) is 6.97. The van der Waals surface area contributed by atoms with Gasteiger partial charge in [0, 0.05) is 25.3 Å². The second-order valence-corrected chi connectivity index (χ2v) is 4.53. The zero-order valence-electron chi connectivity index (χ0n) is 11.6. The Morgan fingerprint density at radius 2 is 2.22 bits per heavy atom. The first-order valence-electron chi connectivity index (χ1n) is 6.40. The SMILES string of the molecule is CCN(CC(C)C#N)c1cc(C(C)NC)ccn1. The lowest BCUT2D eigenvalue weighted by Crippen LogP contribution is -2.28. The number of nitrogens with zero attached hydrogens (tertiary/aromatic N) is 3. The van der Waals surface area contributed by atoms with Gasteiger partial charge in [0.1, 0.15) is 5.82 Å². The van der Waals surface area contributed by atoms with E-state index >= 15 is 0 Å². The Morgan fingerprint density at radius 1 is 1.50 bits per heavy atom. The lowest BCUT2D eigenvalue weighted by molar-refractivity contribution is 0.647. The molecule has 0 spiro atoms. The van der Waals surface area contributed by atoms with E-state index in [1.807, 2.05) is 26.2 Å². The van der Waals surface area contributed by atoms with Gasteiger partial charge in [-0.1, -0.05) is 0 Å². The van der Waals surface area contributed by atoms with Gasteiger partial charge in [0.2, 0.25) is 0 Å². The van der Waals surface area contributed by atoms with Crippen LogP contribution < -0.4 is 10.2 Å². The van der Waals surface area contributed by atoms with E-state index in [-0.39, 0.29) is 5.92 Å². The Kier molecular flexibility index (Phi) is 5.60.